The molecule has 2 N–H and O–H groups in total. The second-order valence-electron chi connectivity index (χ2n) is 4.62. The van der Waals surface area contributed by atoms with Gasteiger partial charge in [0.15, 0.2) is 17.3 Å². The number of carbonyl (C=O) groups excluding carboxylic acids is 1. The highest BCUT2D eigenvalue weighted by atomic mass is 16.7. The highest BCUT2D eigenvalue weighted by Crippen LogP contribution is 2.42. The smallest absolute Gasteiger partial charge is 0.231 e. The summed E-state index contributed by atoms with van der Waals surface area (Å²) in [6, 6.07) is 5.18. The molecule has 0 aromatic heterocycles. The van der Waals surface area contributed by atoms with Gasteiger partial charge >= 0.3 is 0 Å². The molecule has 2 atom stereocenters. The number of nitrogens with zero attached hydrogens (tertiary/aromatic N) is 1. The Kier molecular flexibility index (Phi) is 2.77. The van der Waals surface area contributed by atoms with Crippen LogP contribution >= 0.6 is 0 Å². The van der Waals surface area contributed by atoms with Crippen LogP contribution in [0.25, 0.3) is 0 Å². The highest BCUT2D eigenvalue weighted by molar-refractivity contribution is 6.04. The molecule has 0 bridgehead atoms. The summed E-state index contributed by atoms with van der Waals surface area (Å²) >= 11 is 0. The first kappa shape index (κ1) is 11.8. The summed E-state index contributed by atoms with van der Waals surface area (Å²) in [6.07, 6.45) is 0.702. The van der Waals surface area contributed by atoms with Gasteiger partial charge in [0.1, 0.15) is 5.84 Å². The Balaban J connectivity index is 1.76. The topological polar surface area (TPSA) is 80.2 Å². The Hall–Kier alpha value is -2.24. The molecule has 1 fully saturated rings. The molecular formula is C13H14N2O4. The Morgan fingerprint density at radius 2 is 2.16 bits per heavy atom. The maximum Gasteiger partial charge on any atom is 0.231 e. The van der Waals surface area contributed by atoms with Gasteiger partial charge in [0.2, 0.25) is 6.79 Å². The minimum Gasteiger partial charge on any atom is -0.454 e. The quantitative estimate of drug-likeness (QED) is 0.282. The predicted octanol–water partition coefficient (Wildman–Crippen LogP) is 1.24. The van der Waals surface area contributed by atoms with Crippen LogP contribution in [0.2, 0.25) is 0 Å². The van der Waals surface area contributed by atoms with Gasteiger partial charge in [-0.15, -0.1) is 0 Å². The van der Waals surface area contributed by atoms with Gasteiger partial charge < -0.3 is 20.0 Å². The fraction of sp³-hybridized carbons (Fsp3) is 0.385. The summed E-state index contributed by atoms with van der Waals surface area (Å²) < 4.78 is 10.5. The summed E-state index contributed by atoms with van der Waals surface area (Å²) in [4.78, 5) is 12.3. The summed E-state index contributed by atoms with van der Waals surface area (Å²) in [7, 11) is 1.68. The number of rotatable bonds is 3. The van der Waals surface area contributed by atoms with Crippen LogP contribution in [-0.4, -0.2) is 30.7 Å². The maximum atomic E-state index is 12.3. The fourth-order valence-electron chi connectivity index (χ4n) is 2.36. The van der Waals surface area contributed by atoms with E-state index >= 15 is 0 Å². The first-order chi connectivity index (χ1) is 9.24. The molecule has 1 aromatic rings. The molecule has 1 aliphatic heterocycles. The summed E-state index contributed by atoms with van der Waals surface area (Å²) in [5.74, 6) is 1.62. The van der Waals surface area contributed by atoms with E-state index in [-0.39, 0.29) is 24.4 Å². The van der Waals surface area contributed by atoms with Crippen LogP contribution in [0.15, 0.2) is 23.4 Å². The van der Waals surface area contributed by atoms with E-state index in [1.807, 2.05) is 0 Å². The first-order valence-corrected chi connectivity index (χ1v) is 6.08. The van der Waals surface area contributed by atoms with E-state index < -0.39 is 0 Å². The van der Waals surface area contributed by atoms with Crippen molar-refractivity contribution in [2.24, 2.45) is 17.0 Å². The molecule has 1 heterocycles. The molecule has 100 valence electrons. The predicted molar refractivity (Wildman–Crippen MR) is 66.8 cm³/mol. The molecule has 1 aliphatic carbocycles. The Labute approximate surface area is 110 Å². The number of fused-ring (bicyclic) bond motifs is 1. The lowest BCUT2D eigenvalue weighted by molar-refractivity contribution is 0.0964. The average Bonchev–Trinajstić information content (AvgIpc) is 3.07. The van der Waals surface area contributed by atoms with Gasteiger partial charge in [-0.1, -0.05) is 5.16 Å². The normalized spacial score (nSPS) is 24.2. The van der Waals surface area contributed by atoms with E-state index in [1.54, 1.807) is 25.2 Å². The van der Waals surface area contributed by atoms with Crippen LogP contribution in [-0.2, 0) is 0 Å². The van der Waals surface area contributed by atoms with Gasteiger partial charge in [-0.05, 0) is 24.6 Å². The lowest BCUT2D eigenvalue weighted by atomic mass is 10.1. The number of hydrogen-bond donors (Lipinski definition) is 2. The Morgan fingerprint density at radius 1 is 1.37 bits per heavy atom. The van der Waals surface area contributed by atoms with Crippen molar-refractivity contribution < 1.29 is 19.5 Å². The number of carbonyl (C=O) groups is 1. The number of nitrogens with one attached hydrogen (secondary N) is 1. The zero-order chi connectivity index (χ0) is 13.4. The average molecular weight is 262 g/mol. The van der Waals surface area contributed by atoms with Gasteiger partial charge in [0.25, 0.3) is 0 Å². The van der Waals surface area contributed by atoms with Crippen molar-refractivity contribution in [3.63, 3.8) is 0 Å². The van der Waals surface area contributed by atoms with Gasteiger partial charge in [0, 0.05) is 24.4 Å². The molecule has 1 saturated carbocycles. The van der Waals surface area contributed by atoms with Crippen LogP contribution in [0.5, 0.6) is 11.5 Å². The van der Waals surface area contributed by atoms with Crippen LogP contribution in [0.3, 0.4) is 0 Å². The number of Topliss-reactive ketones (excluding diaryl/α,β-unsaturated/α-hetero) is 1. The molecule has 0 saturated heterocycles. The van der Waals surface area contributed by atoms with E-state index in [0.717, 1.165) is 0 Å². The van der Waals surface area contributed by atoms with Crippen molar-refractivity contribution in [2.45, 2.75) is 6.42 Å². The number of benzene rings is 1. The van der Waals surface area contributed by atoms with Gasteiger partial charge in [-0.25, -0.2) is 0 Å². The number of amidine groups is 1. The molecular weight excluding hydrogens is 248 g/mol. The summed E-state index contributed by atoms with van der Waals surface area (Å²) in [6.45, 7) is 0.195. The van der Waals surface area contributed by atoms with Crippen molar-refractivity contribution >= 4 is 11.6 Å². The van der Waals surface area contributed by atoms with Crippen molar-refractivity contribution in [1.82, 2.24) is 5.32 Å². The van der Waals surface area contributed by atoms with E-state index in [0.29, 0.717) is 29.3 Å². The number of ketones is 1. The molecule has 6 nitrogen and oxygen atoms in total. The number of ether oxygens (including phenoxy) is 2. The van der Waals surface area contributed by atoms with E-state index in [4.69, 9.17) is 14.7 Å². The third-order valence-corrected chi connectivity index (χ3v) is 3.50. The third kappa shape index (κ3) is 1.99. The zero-order valence-corrected chi connectivity index (χ0v) is 10.4. The molecule has 0 amide bonds. The van der Waals surface area contributed by atoms with Crippen LogP contribution < -0.4 is 14.8 Å². The maximum absolute atomic E-state index is 12.3. The van der Waals surface area contributed by atoms with Crippen LogP contribution in [0.4, 0.5) is 0 Å². The third-order valence-electron chi connectivity index (χ3n) is 3.50. The minimum atomic E-state index is -0.126. The summed E-state index contributed by atoms with van der Waals surface area (Å²) in [5, 5.41) is 14.8. The molecule has 6 heteroatoms. The highest BCUT2D eigenvalue weighted by Gasteiger charge is 2.46. The van der Waals surface area contributed by atoms with Gasteiger partial charge in [0.05, 0.1) is 0 Å². The first-order valence-electron chi connectivity index (χ1n) is 6.08. The van der Waals surface area contributed by atoms with Crippen LogP contribution in [0.1, 0.15) is 16.8 Å². The van der Waals surface area contributed by atoms with Crippen LogP contribution in [0, 0.1) is 11.8 Å². The molecule has 1 aromatic carbocycles. The van der Waals surface area contributed by atoms with Crippen molar-refractivity contribution in [1.29, 1.82) is 0 Å². The number of hydrogen-bond acceptors (Lipinski definition) is 5. The van der Waals surface area contributed by atoms with E-state index in [1.165, 1.54) is 0 Å². The Bertz CT molecular complexity index is 556. The Morgan fingerprint density at radius 3 is 2.89 bits per heavy atom. The number of oxime groups is 1. The molecule has 0 unspecified atom stereocenters. The molecule has 2 aliphatic rings. The summed E-state index contributed by atoms with van der Waals surface area (Å²) in [5.41, 5.74) is 0.602. The molecule has 19 heavy (non-hydrogen) atoms. The van der Waals surface area contributed by atoms with E-state index in [9.17, 15) is 4.79 Å². The van der Waals surface area contributed by atoms with Gasteiger partial charge in [-0.2, -0.15) is 0 Å². The van der Waals surface area contributed by atoms with Gasteiger partial charge in [-0.3, -0.25) is 4.79 Å². The minimum absolute atomic E-state index is 0.0204. The molecule has 3 rings (SSSR count). The second-order valence-corrected chi connectivity index (χ2v) is 4.62. The van der Waals surface area contributed by atoms with Crippen molar-refractivity contribution in [3.05, 3.63) is 23.8 Å². The molecule has 0 spiro atoms. The van der Waals surface area contributed by atoms with E-state index in [2.05, 4.69) is 10.5 Å². The lowest BCUT2D eigenvalue weighted by Crippen LogP contribution is -2.22. The SMILES string of the molecule is CN/C(=N\O)[C@H]1C[C@@H]1C(=O)c1ccc2c(c1)OCO2. The zero-order valence-electron chi connectivity index (χ0n) is 10.4. The van der Waals surface area contributed by atoms with Crippen molar-refractivity contribution in [3.8, 4) is 11.5 Å². The second kappa shape index (κ2) is 4.46. The fourth-order valence-corrected chi connectivity index (χ4v) is 2.36. The largest absolute Gasteiger partial charge is 0.454 e. The molecule has 0 radical (unpaired) electrons. The standard InChI is InChI=1S/C13H14N2O4/c1-14-13(15-17)9-5-8(9)12(16)7-2-3-10-11(4-7)19-6-18-10/h2-4,8-9,17H,5-6H2,1H3,(H,14,15)/t8-,9-/m0/s1. The van der Waals surface area contributed by atoms with Crippen molar-refractivity contribution in [2.75, 3.05) is 13.8 Å². The monoisotopic (exact) mass is 262 g/mol. The lowest BCUT2D eigenvalue weighted by Gasteiger charge is -2.03.